The number of nitrogens with one attached hydrogen (secondary N) is 2. The van der Waals surface area contributed by atoms with E-state index >= 15 is 0 Å². The fourth-order valence-corrected chi connectivity index (χ4v) is 2.97. The van der Waals surface area contributed by atoms with Crippen LogP contribution in [0.3, 0.4) is 0 Å². The number of carbonyl (C=O) groups excluding carboxylic acids is 1. The van der Waals surface area contributed by atoms with Gasteiger partial charge in [0.25, 0.3) is 15.9 Å². The molecule has 0 aliphatic heterocycles. The van der Waals surface area contributed by atoms with E-state index in [2.05, 4.69) is 4.72 Å². The molecule has 1 amide bonds. The molecule has 0 radical (unpaired) electrons. The van der Waals surface area contributed by atoms with E-state index in [0.717, 1.165) is 0 Å². The van der Waals surface area contributed by atoms with Gasteiger partial charge in [0.1, 0.15) is 10.6 Å². The van der Waals surface area contributed by atoms with Crippen LogP contribution in [0.4, 0.5) is 5.69 Å². The van der Waals surface area contributed by atoms with Crippen molar-refractivity contribution in [2.75, 3.05) is 4.72 Å². The standard InChI is InChI=1S/C12H13ClN4O3S/c1-17-7-10(6-11(17)12(18)15-14)21(19,20)16-9-4-2-8(13)3-5-9/h2-7,16H,14H2,1H3,(H,15,18). The van der Waals surface area contributed by atoms with Gasteiger partial charge in [-0.15, -0.1) is 0 Å². The molecule has 1 heterocycles. The van der Waals surface area contributed by atoms with E-state index < -0.39 is 15.9 Å². The Morgan fingerprint density at radius 2 is 1.90 bits per heavy atom. The molecule has 0 unspecified atom stereocenters. The average molecular weight is 329 g/mol. The minimum absolute atomic E-state index is 0.0430. The van der Waals surface area contributed by atoms with E-state index in [0.29, 0.717) is 10.7 Å². The number of hydrogen-bond acceptors (Lipinski definition) is 4. The highest BCUT2D eigenvalue weighted by atomic mass is 35.5. The smallest absolute Gasteiger partial charge is 0.281 e. The number of sulfonamides is 1. The molecule has 0 saturated heterocycles. The molecule has 112 valence electrons. The Morgan fingerprint density at radius 3 is 2.48 bits per heavy atom. The quantitative estimate of drug-likeness (QED) is 0.443. The first kappa shape index (κ1) is 15.4. The van der Waals surface area contributed by atoms with E-state index in [1.165, 1.54) is 29.0 Å². The second kappa shape index (κ2) is 5.76. The van der Waals surface area contributed by atoms with Gasteiger partial charge in [0, 0.05) is 24.0 Å². The molecule has 0 bridgehead atoms. The highest BCUT2D eigenvalue weighted by molar-refractivity contribution is 7.92. The highest BCUT2D eigenvalue weighted by Gasteiger charge is 2.20. The summed E-state index contributed by atoms with van der Waals surface area (Å²) in [4.78, 5) is 11.4. The average Bonchev–Trinajstić information content (AvgIpc) is 2.83. The highest BCUT2D eigenvalue weighted by Crippen LogP contribution is 2.19. The molecule has 0 fully saturated rings. The minimum Gasteiger partial charge on any atom is -0.345 e. The molecule has 2 aromatic rings. The van der Waals surface area contributed by atoms with Gasteiger partial charge >= 0.3 is 0 Å². The van der Waals surface area contributed by atoms with Gasteiger partial charge in [-0.1, -0.05) is 11.6 Å². The summed E-state index contributed by atoms with van der Waals surface area (Å²) < 4.78 is 28.3. The Kier molecular flexibility index (Phi) is 4.21. The van der Waals surface area contributed by atoms with E-state index in [-0.39, 0.29) is 10.6 Å². The maximum atomic E-state index is 12.2. The zero-order valence-corrected chi connectivity index (χ0v) is 12.6. The van der Waals surface area contributed by atoms with Gasteiger partial charge in [-0.3, -0.25) is 14.9 Å². The third-order valence-corrected chi connectivity index (χ3v) is 4.35. The lowest BCUT2D eigenvalue weighted by atomic mass is 10.3. The molecule has 0 spiro atoms. The van der Waals surface area contributed by atoms with Gasteiger partial charge in [0.05, 0.1) is 0 Å². The van der Waals surface area contributed by atoms with Crippen LogP contribution in [0.1, 0.15) is 10.5 Å². The van der Waals surface area contributed by atoms with Crippen molar-refractivity contribution < 1.29 is 13.2 Å². The SMILES string of the molecule is Cn1cc(S(=O)(=O)Nc2ccc(Cl)cc2)cc1C(=O)NN. The number of nitrogen functional groups attached to an aromatic ring is 1. The molecule has 0 atom stereocenters. The van der Waals surface area contributed by atoms with Gasteiger partial charge in [-0.2, -0.15) is 0 Å². The van der Waals surface area contributed by atoms with Crippen LogP contribution < -0.4 is 16.0 Å². The lowest BCUT2D eigenvalue weighted by molar-refractivity contribution is 0.0945. The maximum Gasteiger partial charge on any atom is 0.281 e. The van der Waals surface area contributed by atoms with Crippen molar-refractivity contribution in [2.45, 2.75) is 4.90 Å². The second-order valence-corrected chi connectivity index (χ2v) is 6.38. The van der Waals surface area contributed by atoms with Crippen LogP contribution in [0.15, 0.2) is 41.4 Å². The molecule has 1 aromatic carbocycles. The lowest BCUT2D eigenvalue weighted by Gasteiger charge is -2.06. The first-order valence-electron chi connectivity index (χ1n) is 5.79. The number of nitrogens with two attached hydrogens (primary N) is 1. The Labute approximate surface area is 126 Å². The summed E-state index contributed by atoms with van der Waals surface area (Å²) in [6.07, 6.45) is 1.32. The molecular weight excluding hydrogens is 316 g/mol. The molecule has 21 heavy (non-hydrogen) atoms. The first-order chi connectivity index (χ1) is 9.83. The number of carbonyl (C=O) groups is 1. The number of benzene rings is 1. The first-order valence-corrected chi connectivity index (χ1v) is 7.65. The molecule has 0 aliphatic rings. The van der Waals surface area contributed by atoms with Crippen LogP contribution in [0, 0.1) is 0 Å². The fourth-order valence-electron chi connectivity index (χ4n) is 1.71. The number of anilines is 1. The topological polar surface area (TPSA) is 106 Å². The Morgan fingerprint density at radius 1 is 1.29 bits per heavy atom. The predicted octanol–water partition coefficient (Wildman–Crippen LogP) is 1.08. The van der Waals surface area contributed by atoms with E-state index in [4.69, 9.17) is 17.4 Å². The van der Waals surface area contributed by atoms with Gasteiger partial charge in [-0.25, -0.2) is 14.3 Å². The number of aromatic nitrogens is 1. The third kappa shape index (κ3) is 3.35. The normalized spacial score (nSPS) is 11.2. The summed E-state index contributed by atoms with van der Waals surface area (Å²) in [5.41, 5.74) is 2.46. The van der Waals surface area contributed by atoms with Gasteiger partial charge < -0.3 is 4.57 Å². The Hall–Kier alpha value is -2.03. The molecular formula is C12H13ClN4O3S. The number of rotatable bonds is 4. The molecule has 2 rings (SSSR count). The zero-order chi connectivity index (χ0) is 15.6. The van der Waals surface area contributed by atoms with Crippen molar-refractivity contribution in [2.24, 2.45) is 12.9 Å². The summed E-state index contributed by atoms with van der Waals surface area (Å²) in [5, 5.41) is 0.500. The molecule has 4 N–H and O–H groups in total. The van der Waals surface area contributed by atoms with Crippen LogP contribution in [-0.2, 0) is 17.1 Å². The monoisotopic (exact) mass is 328 g/mol. The van der Waals surface area contributed by atoms with Crippen LogP contribution >= 0.6 is 11.6 Å². The van der Waals surface area contributed by atoms with Crippen molar-refractivity contribution in [3.63, 3.8) is 0 Å². The Balaban J connectivity index is 2.31. The molecule has 1 aromatic heterocycles. The van der Waals surface area contributed by atoms with E-state index in [9.17, 15) is 13.2 Å². The van der Waals surface area contributed by atoms with E-state index in [1.54, 1.807) is 19.2 Å². The largest absolute Gasteiger partial charge is 0.345 e. The number of hydrazine groups is 1. The maximum absolute atomic E-state index is 12.2. The molecule has 0 aliphatic carbocycles. The van der Waals surface area contributed by atoms with E-state index in [1.807, 2.05) is 5.43 Å². The number of nitrogens with zero attached hydrogens (tertiary/aromatic N) is 1. The molecule has 0 saturated carbocycles. The molecule has 9 heteroatoms. The van der Waals surface area contributed by atoms with Crippen molar-refractivity contribution in [1.29, 1.82) is 0 Å². The van der Waals surface area contributed by atoms with Gasteiger partial charge in [0.2, 0.25) is 0 Å². The number of hydrogen-bond donors (Lipinski definition) is 3. The number of amides is 1. The fraction of sp³-hybridized carbons (Fsp3) is 0.0833. The second-order valence-electron chi connectivity index (χ2n) is 4.26. The van der Waals surface area contributed by atoms with Crippen molar-refractivity contribution in [1.82, 2.24) is 9.99 Å². The van der Waals surface area contributed by atoms with Crippen LogP contribution in [-0.4, -0.2) is 18.9 Å². The number of aryl methyl sites for hydroxylation is 1. The Bertz CT molecular complexity index is 768. The number of halogens is 1. The van der Waals surface area contributed by atoms with Crippen molar-refractivity contribution in [3.8, 4) is 0 Å². The summed E-state index contributed by atoms with van der Waals surface area (Å²) in [6.45, 7) is 0. The van der Waals surface area contributed by atoms with Gasteiger partial charge in [0.15, 0.2) is 0 Å². The summed E-state index contributed by atoms with van der Waals surface area (Å²) in [5.74, 6) is 4.46. The third-order valence-electron chi connectivity index (χ3n) is 2.75. The molecule has 7 nitrogen and oxygen atoms in total. The predicted molar refractivity (Wildman–Crippen MR) is 79.3 cm³/mol. The zero-order valence-electron chi connectivity index (χ0n) is 11.0. The summed E-state index contributed by atoms with van der Waals surface area (Å²) in [6, 6.07) is 7.45. The van der Waals surface area contributed by atoms with Crippen LogP contribution in [0.5, 0.6) is 0 Å². The minimum atomic E-state index is -3.80. The lowest BCUT2D eigenvalue weighted by Crippen LogP contribution is -2.31. The van der Waals surface area contributed by atoms with Crippen LogP contribution in [0.25, 0.3) is 0 Å². The van der Waals surface area contributed by atoms with Crippen molar-refractivity contribution in [3.05, 3.63) is 47.2 Å². The van der Waals surface area contributed by atoms with Crippen LogP contribution in [0.2, 0.25) is 5.02 Å². The summed E-state index contributed by atoms with van der Waals surface area (Å²) in [7, 11) is -2.26. The van der Waals surface area contributed by atoms with Crippen molar-refractivity contribution >= 4 is 33.2 Å². The van der Waals surface area contributed by atoms with Gasteiger partial charge in [-0.05, 0) is 30.3 Å². The summed E-state index contributed by atoms with van der Waals surface area (Å²) >= 11 is 5.74.